The summed E-state index contributed by atoms with van der Waals surface area (Å²) in [5.41, 5.74) is 18.5. The first-order chi connectivity index (χ1) is 34.8. The van der Waals surface area contributed by atoms with E-state index in [2.05, 4.69) is 230 Å². The van der Waals surface area contributed by atoms with E-state index in [4.69, 9.17) is 8.83 Å². The number of hydrogen-bond acceptors (Lipinski definition) is 4. The smallest absolute Gasteiger partial charge is 0.137 e. The van der Waals surface area contributed by atoms with Crippen molar-refractivity contribution in [3.63, 3.8) is 0 Å². The lowest BCUT2D eigenvalue weighted by Gasteiger charge is -2.27. The summed E-state index contributed by atoms with van der Waals surface area (Å²) in [5, 5.41) is 14.3. The molecule has 0 aliphatic rings. The van der Waals surface area contributed by atoms with Gasteiger partial charge < -0.3 is 23.0 Å². The summed E-state index contributed by atoms with van der Waals surface area (Å²) < 4.78 is 15.5. The van der Waals surface area contributed by atoms with Gasteiger partial charge in [-0.05, 0) is 151 Å². The number of rotatable bonds is 6. The summed E-state index contributed by atoms with van der Waals surface area (Å²) in [6, 6.07) is 73.5. The largest absolute Gasteiger partial charge is 0.456 e. The lowest BCUT2D eigenvalue weighted by molar-refractivity contribution is 0.668. The van der Waals surface area contributed by atoms with Crippen molar-refractivity contribution in [2.24, 2.45) is 0 Å². The first kappa shape index (κ1) is 39.9. The second-order valence-electron chi connectivity index (χ2n) is 19.6. The number of fused-ring (bicyclic) bond motifs is 15. The van der Waals surface area contributed by atoms with Gasteiger partial charge in [-0.15, -0.1) is 0 Å². The van der Waals surface area contributed by atoms with Gasteiger partial charge in [0.05, 0.1) is 16.6 Å². The van der Waals surface area contributed by atoms with Crippen molar-refractivity contribution in [3.05, 3.63) is 222 Å². The van der Waals surface area contributed by atoms with Crippen molar-refractivity contribution in [2.75, 3.05) is 9.80 Å². The molecular weight excluding hydrogens is 867 g/mol. The third-order valence-corrected chi connectivity index (χ3v) is 15.2. The molecule has 4 heterocycles. The maximum absolute atomic E-state index is 6.50. The van der Waals surface area contributed by atoms with Crippen LogP contribution >= 0.6 is 0 Å². The van der Waals surface area contributed by atoms with Gasteiger partial charge in [0.2, 0.25) is 0 Å². The van der Waals surface area contributed by atoms with Crippen molar-refractivity contribution in [1.29, 1.82) is 0 Å². The lowest BCUT2D eigenvalue weighted by Crippen LogP contribution is -2.11. The highest BCUT2D eigenvalue weighted by Crippen LogP contribution is 2.49. The molecule has 71 heavy (non-hydrogen) atoms. The molecule has 0 bridgehead atoms. The molecule has 0 fully saturated rings. The molecule has 5 nitrogen and oxygen atoms in total. The van der Waals surface area contributed by atoms with Crippen LogP contribution in [-0.2, 0) is 0 Å². The average Bonchev–Trinajstić information content (AvgIpc) is 4.14. The van der Waals surface area contributed by atoms with Crippen molar-refractivity contribution in [2.45, 2.75) is 27.7 Å². The van der Waals surface area contributed by atoms with Crippen LogP contribution in [0.15, 0.2) is 209 Å². The van der Waals surface area contributed by atoms with Crippen LogP contribution in [0.25, 0.3) is 104 Å². The van der Waals surface area contributed by atoms with Crippen LogP contribution in [0.5, 0.6) is 0 Å². The van der Waals surface area contributed by atoms with Crippen LogP contribution < -0.4 is 9.80 Å². The van der Waals surface area contributed by atoms with E-state index < -0.39 is 0 Å². The fourth-order valence-corrected chi connectivity index (χ4v) is 12.0. The standard InChI is InChI=1S/C66H45N3O2/c1-38-17-27-57(40(3)29-38)67(47-22-25-52-50-13-7-9-15-61(50)70-63(52)36-47)45-20-19-44-32-55-49-24-21-46(35-60(49)69-59-33-43-12-6-5-11-42(43)31-56(59)65(66(55)69)54(44)34-45)68(58-28-18-39(2)30-41(58)4)48-23-26-53-51-14-8-10-16-62(51)71-64(53)37-48/h5-37H,1-4H3. The minimum absolute atomic E-state index is 0.870. The molecule has 0 unspecified atom stereocenters. The van der Waals surface area contributed by atoms with Crippen LogP contribution in [0.3, 0.4) is 0 Å². The van der Waals surface area contributed by atoms with Crippen LogP contribution in [0, 0.1) is 27.7 Å². The molecular formula is C66H45N3O2. The zero-order valence-electron chi connectivity index (χ0n) is 39.7. The molecule has 0 atom stereocenters. The third kappa shape index (κ3) is 5.87. The summed E-state index contributed by atoms with van der Waals surface area (Å²) in [6.07, 6.45) is 0. The van der Waals surface area contributed by atoms with E-state index in [-0.39, 0.29) is 0 Å². The molecule has 11 aromatic carbocycles. The molecule has 15 aromatic rings. The van der Waals surface area contributed by atoms with E-state index in [0.717, 1.165) is 78.0 Å². The van der Waals surface area contributed by atoms with Crippen molar-refractivity contribution in [3.8, 4) is 0 Å². The fraction of sp³-hybridized carbons (Fsp3) is 0.0606. The predicted octanol–water partition coefficient (Wildman–Crippen LogP) is 19.1. The van der Waals surface area contributed by atoms with E-state index in [1.54, 1.807) is 0 Å². The Labute approximate surface area is 408 Å². The second kappa shape index (κ2) is 14.7. The molecule has 0 radical (unpaired) electrons. The quantitative estimate of drug-likeness (QED) is 0.167. The Bertz CT molecular complexity index is 4510. The van der Waals surface area contributed by atoms with Gasteiger partial charge in [0.25, 0.3) is 0 Å². The van der Waals surface area contributed by atoms with Gasteiger partial charge in [-0.1, -0.05) is 108 Å². The van der Waals surface area contributed by atoms with Crippen LogP contribution in [0.1, 0.15) is 22.3 Å². The monoisotopic (exact) mass is 911 g/mol. The van der Waals surface area contributed by atoms with Gasteiger partial charge in [0.15, 0.2) is 0 Å². The first-order valence-electron chi connectivity index (χ1n) is 24.5. The molecule has 0 saturated heterocycles. The van der Waals surface area contributed by atoms with Crippen molar-refractivity contribution in [1.82, 2.24) is 4.40 Å². The molecule has 0 saturated carbocycles. The van der Waals surface area contributed by atoms with Gasteiger partial charge in [-0.2, -0.15) is 0 Å². The second-order valence-corrected chi connectivity index (χ2v) is 19.6. The van der Waals surface area contributed by atoms with Gasteiger partial charge >= 0.3 is 0 Å². The molecule has 4 aromatic heterocycles. The predicted molar refractivity (Wildman–Crippen MR) is 299 cm³/mol. The zero-order valence-corrected chi connectivity index (χ0v) is 39.7. The number of aryl methyl sites for hydroxylation is 4. The molecule has 0 spiro atoms. The Morgan fingerprint density at radius 3 is 1.41 bits per heavy atom. The normalized spacial score (nSPS) is 12.2. The number of aromatic nitrogens is 1. The fourth-order valence-electron chi connectivity index (χ4n) is 12.0. The zero-order chi connectivity index (χ0) is 47.2. The Kier molecular flexibility index (Phi) is 8.27. The summed E-state index contributed by atoms with van der Waals surface area (Å²) in [5.74, 6) is 0. The van der Waals surface area contributed by atoms with Crippen LogP contribution in [0.2, 0.25) is 0 Å². The Morgan fingerprint density at radius 1 is 0.324 bits per heavy atom. The average molecular weight is 912 g/mol. The molecule has 0 amide bonds. The molecule has 0 aliphatic heterocycles. The highest BCUT2D eigenvalue weighted by molar-refractivity contribution is 6.32. The summed E-state index contributed by atoms with van der Waals surface area (Å²) in [6.45, 7) is 8.75. The van der Waals surface area contributed by atoms with E-state index in [1.165, 1.54) is 81.9 Å². The van der Waals surface area contributed by atoms with E-state index in [1.807, 2.05) is 12.1 Å². The topological polar surface area (TPSA) is 37.2 Å². The van der Waals surface area contributed by atoms with Gasteiger partial charge in [0, 0.05) is 89.3 Å². The SMILES string of the molecule is Cc1ccc(N(c2ccc3c(c2)oc2ccccc23)c2ccc3cc4c5ccc(N(c6ccc7c(c6)oc6ccccc67)c6ccc(C)cc6C)cc5n5c6cc7ccccc7cc6c(c3c2)c45)c(C)c1. The maximum Gasteiger partial charge on any atom is 0.137 e. The van der Waals surface area contributed by atoms with Gasteiger partial charge in [0.1, 0.15) is 22.3 Å². The minimum Gasteiger partial charge on any atom is -0.456 e. The summed E-state index contributed by atoms with van der Waals surface area (Å²) in [4.78, 5) is 4.80. The number of anilines is 6. The number of nitrogens with zero attached hydrogens (tertiary/aromatic N) is 3. The molecule has 0 aliphatic carbocycles. The minimum atomic E-state index is 0.870. The number of hydrogen-bond donors (Lipinski definition) is 0. The highest BCUT2D eigenvalue weighted by atomic mass is 16.3. The number of benzene rings is 11. The lowest BCUT2D eigenvalue weighted by atomic mass is 9.97. The number of furan rings is 2. The van der Waals surface area contributed by atoms with Crippen molar-refractivity contribution < 1.29 is 8.83 Å². The Hall–Kier alpha value is -9.06. The molecule has 15 rings (SSSR count). The molecule has 0 N–H and O–H groups in total. The number of para-hydroxylation sites is 2. The van der Waals surface area contributed by atoms with Gasteiger partial charge in [-0.25, -0.2) is 0 Å². The summed E-state index contributed by atoms with van der Waals surface area (Å²) in [7, 11) is 0. The Balaban J connectivity index is 0.991. The van der Waals surface area contributed by atoms with E-state index in [0.29, 0.717) is 0 Å². The molecule has 336 valence electrons. The van der Waals surface area contributed by atoms with Crippen molar-refractivity contribution >= 4 is 138 Å². The van der Waals surface area contributed by atoms with Crippen LogP contribution in [-0.4, -0.2) is 4.40 Å². The summed E-state index contributed by atoms with van der Waals surface area (Å²) >= 11 is 0. The Morgan fingerprint density at radius 2 is 0.803 bits per heavy atom. The van der Waals surface area contributed by atoms with Crippen LogP contribution in [0.4, 0.5) is 34.1 Å². The highest BCUT2D eigenvalue weighted by Gasteiger charge is 2.25. The van der Waals surface area contributed by atoms with Gasteiger partial charge in [-0.3, -0.25) is 0 Å². The van der Waals surface area contributed by atoms with E-state index >= 15 is 0 Å². The molecule has 5 heteroatoms. The van der Waals surface area contributed by atoms with E-state index in [9.17, 15) is 0 Å². The first-order valence-corrected chi connectivity index (χ1v) is 24.5. The maximum atomic E-state index is 6.50. The third-order valence-electron chi connectivity index (χ3n) is 15.2.